The molecule has 1 aromatic heterocycles. The number of hydrogen-bond donors (Lipinski definition) is 2. The highest BCUT2D eigenvalue weighted by Crippen LogP contribution is 2.25. The fraction of sp³-hybridized carbons (Fsp3) is 0.333. The number of hydrogen-bond acceptors (Lipinski definition) is 4. The maximum Gasteiger partial charge on any atom is 0.139 e. The number of nitrogens with two attached hydrogens (primary N) is 1. The third-order valence-corrected chi connectivity index (χ3v) is 3.66. The summed E-state index contributed by atoms with van der Waals surface area (Å²) in [6, 6.07) is 3.84. The second kappa shape index (κ2) is 6.68. The van der Waals surface area contributed by atoms with Crippen LogP contribution in [0.2, 0.25) is 0 Å². The van der Waals surface area contributed by atoms with Gasteiger partial charge in [-0.1, -0.05) is 5.16 Å². The maximum atomic E-state index is 8.33. The van der Waals surface area contributed by atoms with Crippen LogP contribution in [0.5, 0.6) is 0 Å². The quantitative estimate of drug-likeness (QED) is 0.218. The van der Waals surface area contributed by atoms with Crippen LogP contribution in [-0.4, -0.2) is 21.8 Å². The van der Waals surface area contributed by atoms with Crippen LogP contribution in [-0.2, 0) is 0 Å². The summed E-state index contributed by atoms with van der Waals surface area (Å²) in [4.78, 5) is 4.22. The van der Waals surface area contributed by atoms with Gasteiger partial charge in [0.1, 0.15) is 10.9 Å². The third kappa shape index (κ3) is 4.53. The number of nitrogens with zero attached hydrogens (tertiary/aromatic N) is 2. The molecule has 4 nitrogen and oxygen atoms in total. The first kappa shape index (κ1) is 12.3. The van der Waals surface area contributed by atoms with Crippen molar-refractivity contribution >= 4 is 33.5 Å². The molecule has 0 atom stereocenters. The van der Waals surface area contributed by atoms with Gasteiger partial charge in [-0.2, -0.15) is 0 Å². The van der Waals surface area contributed by atoms with Gasteiger partial charge in [-0.15, -0.1) is 11.8 Å². The Labute approximate surface area is 101 Å². The fourth-order valence-corrected chi connectivity index (χ4v) is 2.37. The van der Waals surface area contributed by atoms with Crippen molar-refractivity contribution in [1.82, 2.24) is 4.98 Å². The summed E-state index contributed by atoms with van der Waals surface area (Å²) in [5.41, 5.74) is 5.35. The van der Waals surface area contributed by atoms with Gasteiger partial charge in [0.2, 0.25) is 0 Å². The minimum atomic E-state index is 0.274. The first-order valence-corrected chi connectivity index (χ1v) is 6.21. The highest BCUT2D eigenvalue weighted by atomic mass is 79.9. The molecule has 1 heterocycles. The Kier molecular flexibility index (Phi) is 5.49. The van der Waals surface area contributed by atoms with E-state index in [1.165, 1.54) is 0 Å². The van der Waals surface area contributed by atoms with Crippen LogP contribution in [0.4, 0.5) is 0 Å². The maximum absolute atomic E-state index is 8.33. The van der Waals surface area contributed by atoms with E-state index in [2.05, 4.69) is 26.1 Å². The first-order chi connectivity index (χ1) is 7.24. The molecule has 1 rings (SSSR count). The van der Waals surface area contributed by atoms with E-state index in [0.29, 0.717) is 6.42 Å². The third-order valence-electron chi connectivity index (χ3n) is 1.67. The number of pyridine rings is 1. The van der Waals surface area contributed by atoms with Gasteiger partial charge < -0.3 is 10.9 Å². The number of oxime groups is 1. The summed E-state index contributed by atoms with van der Waals surface area (Å²) >= 11 is 5.07. The van der Waals surface area contributed by atoms with Crippen LogP contribution in [0.1, 0.15) is 12.8 Å². The molecular weight excluding hydrogens is 278 g/mol. The van der Waals surface area contributed by atoms with Gasteiger partial charge in [0.25, 0.3) is 0 Å². The smallest absolute Gasteiger partial charge is 0.139 e. The summed E-state index contributed by atoms with van der Waals surface area (Å²) < 4.78 is 0.999. The average molecular weight is 290 g/mol. The van der Waals surface area contributed by atoms with E-state index in [1.54, 1.807) is 18.0 Å². The Morgan fingerprint density at radius 2 is 2.47 bits per heavy atom. The topological polar surface area (TPSA) is 71.5 Å². The van der Waals surface area contributed by atoms with E-state index < -0.39 is 0 Å². The Hall–Kier alpha value is -0.750. The van der Waals surface area contributed by atoms with Crippen LogP contribution in [0.3, 0.4) is 0 Å². The summed E-state index contributed by atoms with van der Waals surface area (Å²) in [6.45, 7) is 0. The molecule has 82 valence electrons. The minimum Gasteiger partial charge on any atom is -0.409 e. The normalized spacial score (nSPS) is 11.7. The second-order valence-corrected chi connectivity index (χ2v) is 4.77. The van der Waals surface area contributed by atoms with E-state index in [9.17, 15) is 0 Å². The summed E-state index contributed by atoms with van der Waals surface area (Å²) in [5, 5.41) is 12.2. The lowest BCUT2D eigenvalue weighted by molar-refractivity contribution is 0.317. The predicted octanol–water partition coefficient (Wildman–Crippen LogP) is 2.46. The molecule has 0 unspecified atom stereocenters. The van der Waals surface area contributed by atoms with E-state index >= 15 is 0 Å². The zero-order valence-corrected chi connectivity index (χ0v) is 10.5. The number of thioether (sulfide) groups is 1. The van der Waals surface area contributed by atoms with Crippen molar-refractivity contribution in [2.45, 2.75) is 17.9 Å². The van der Waals surface area contributed by atoms with Crippen molar-refractivity contribution in [1.29, 1.82) is 0 Å². The van der Waals surface area contributed by atoms with Crippen molar-refractivity contribution in [3.8, 4) is 0 Å². The molecule has 0 aliphatic rings. The highest BCUT2D eigenvalue weighted by molar-refractivity contribution is 9.10. The lowest BCUT2D eigenvalue weighted by Gasteiger charge is -2.02. The van der Waals surface area contributed by atoms with Crippen LogP contribution in [0.25, 0.3) is 0 Å². The molecule has 3 N–H and O–H groups in total. The van der Waals surface area contributed by atoms with E-state index in [-0.39, 0.29) is 5.84 Å². The zero-order valence-electron chi connectivity index (χ0n) is 8.06. The minimum absolute atomic E-state index is 0.274. The molecular formula is C9H12BrN3OS. The van der Waals surface area contributed by atoms with E-state index in [1.807, 2.05) is 12.1 Å². The Morgan fingerprint density at radius 1 is 1.67 bits per heavy atom. The van der Waals surface area contributed by atoms with E-state index in [4.69, 9.17) is 10.9 Å². The molecule has 0 aliphatic heterocycles. The molecule has 0 spiro atoms. The molecule has 0 aliphatic carbocycles. The van der Waals surface area contributed by atoms with Crippen molar-refractivity contribution in [2.24, 2.45) is 10.9 Å². The molecule has 1 aromatic rings. The molecule has 0 fully saturated rings. The molecule has 0 saturated heterocycles. The zero-order chi connectivity index (χ0) is 11.1. The van der Waals surface area contributed by atoms with Crippen LogP contribution >= 0.6 is 27.7 Å². The Morgan fingerprint density at radius 3 is 3.13 bits per heavy atom. The molecule has 0 amide bonds. The largest absolute Gasteiger partial charge is 0.409 e. The molecule has 0 saturated carbocycles. The SMILES string of the molecule is NC(CCCSc1ncccc1Br)=NO. The van der Waals surface area contributed by atoms with Crippen molar-refractivity contribution in [3.05, 3.63) is 22.8 Å². The number of amidine groups is 1. The van der Waals surface area contributed by atoms with Gasteiger partial charge in [0.05, 0.1) is 0 Å². The van der Waals surface area contributed by atoms with Crippen molar-refractivity contribution in [2.75, 3.05) is 5.75 Å². The molecule has 15 heavy (non-hydrogen) atoms. The van der Waals surface area contributed by atoms with Gasteiger partial charge in [-0.3, -0.25) is 0 Å². The number of rotatable bonds is 5. The number of halogens is 1. The second-order valence-electron chi connectivity index (χ2n) is 2.83. The van der Waals surface area contributed by atoms with Gasteiger partial charge in [-0.05, 0) is 40.2 Å². The molecule has 0 aromatic carbocycles. The standard InChI is InChI=1S/C9H12BrN3OS/c10-7-3-1-5-12-9(7)15-6-2-4-8(11)13-14/h1,3,5,14H,2,4,6H2,(H2,11,13). The van der Waals surface area contributed by atoms with Crippen LogP contribution in [0, 0.1) is 0 Å². The van der Waals surface area contributed by atoms with Gasteiger partial charge in [0.15, 0.2) is 0 Å². The van der Waals surface area contributed by atoms with Crippen LogP contribution in [0.15, 0.2) is 33.0 Å². The fourth-order valence-electron chi connectivity index (χ4n) is 0.950. The Balaban J connectivity index is 2.29. The predicted molar refractivity (Wildman–Crippen MR) is 65.3 cm³/mol. The lowest BCUT2D eigenvalue weighted by Crippen LogP contribution is -2.11. The summed E-state index contributed by atoms with van der Waals surface area (Å²) in [7, 11) is 0. The van der Waals surface area contributed by atoms with Crippen LogP contribution < -0.4 is 5.73 Å². The van der Waals surface area contributed by atoms with Crippen molar-refractivity contribution < 1.29 is 5.21 Å². The lowest BCUT2D eigenvalue weighted by atomic mass is 10.3. The summed E-state index contributed by atoms with van der Waals surface area (Å²) in [6.07, 6.45) is 3.23. The summed E-state index contributed by atoms with van der Waals surface area (Å²) in [5.74, 6) is 1.17. The first-order valence-electron chi connectivity index (χ1n) is 4.43. The van der Waals surface area contributed by atoms with E-state index in [0.717, 1.165) is 21.7 Å². The van der Waals surface area contributed by atoms with Crippen molar-refractivity contribution in [3.63, 3.8) is 0 Å². The Bertz CT molecular complexity index is 346. The van der Waals surface area contributed by atoms with Gasteiger partial charge in [0, 0.05) is 17.1 Å². The molecule has 6 heteroatoms. The van der Waals surface area contributed by atoms with Gasteiger partial charge >= 0.3 is 0 Å². The van der Waals surface area contributed by atoms with Gasteiger partial charge in [-0.25, -0.2) is 4.98 Å². The monoisotopic (exact) mass is 289 g/mol. The average Bonchev–Trinajstić information content (AvgIpc) is 2.26. The molecule has 0 radical (unpaired) electrons. The number of aromatic nitrogens is 1. The molecule has 0 bridgehead atoms. The highest BCUT2D eigenvalue weighted by Gasteiger charge is 2.01.